The molecule has 0 aliphatic carbocycles. The van der Waals surface area contributed by atoms with Gasteiger partial charge in [0, 0.05) is 25.6 Å². The monoisotopic (exact) mass is 204 g/mol. The maximum Gasteiger partial charge on any atom is 0.221 e. The van der Waals surface area contributed by atoms with E-state index in [1.807, 2.05) is 13.8 Å². The van der Waals surface area contributed by atoms with Crippen molar-refractivity contribution in [2.45, 2.75) is 32.4 Å². The van der Waals surface area contributed by atoms with E-state index in [4.69, 9.17) is 10.2 Å². The normalized spacial score (nSPS) is 12.9. The van der Waals surface area contributed by atoms with Crippen molar-refractivity contribution in [3.05, 3.63) is 0 Å². The Hall–Kier alpha value is -0.650. The molecule has 1 amide bonds. The fraction of sp³-hybridized carbons (Fsp3) is 0.889. The molecule has 1 atom stereocenters. The first-order valence-corrected chi connectivity index (χ1v) is 4.85. The van der Waals surface area contributed by atoms with Crippen molar-refractivity contribution >= 4 is 5.91 Å². The van der Waals surface area contributed by atoms with Crippen LogP contribution < -0.4 is 10.6 Å². The highest BCUT2D eigenvalue weighted by molar-refractivity contribution is 5.76. The number of hydrogen-bond donors (Lipinski definition) is 4. The first kappa shape index (κ1) is 13.4. The van der Waals surface area contributed by atoms with Gasteiger partial charge in [0.2, 0.25) is 5.91 Å². The molecule has 0 spiro atoms. The second-order valence-corrected chi connectivity index (χ2v) is 3.50. The van der Waals surface area contributed by atoms with Crippen LogP contribution in [-0.4, -0.2) is 48.0 Å². The molecule has 0 heterocycles. The van der Waals surface area contributed by atoms with Crippen molar-refractivity contribution in [1.82, 2.24) is 10.6 Å². The van der Waals surface area contributed by atoms with E-state index in [9.17, 15) is 4.79 Å². The van der Waals surface area contributed by atoms with E-state index in [1.165, 1.54) is 0 Å². The van der Waals surface area contributed by atoms with Gasteiger partial charge in [0.05, 0.1) is 12.7 Å². The zero-order valence-corrected chi connectivity index (χ0v) is 8.79. The Morgan fingerprint density at radius 3 is 2.57 bits per heavy atom. The van der Waals surface area contributed by atoms with Crippen LogP contribution in [0.4, 0.5) is 0 Å². The average molecular weight is 204 g/mol. The maximum atomic E-state index is 11.1. The van der Waals surface area contributed by atoms with Crippen LogP contribution in [0.25, 0.3) is 0 Å². The summed E-state index contributed by atoms with van der Waals surface area (Å²) in [6.07, 6.45) is -0.479. The molecule has 0 saturated carbocycles. The van der Waals surface area contributed by atoms with Crippen molar-refractivity contribution < 1.29 is 15.0 Å². The summed E-state index contributed by atoms with van der Waals surface area (Å²) in [6, 6.07) is 0.367. The topological polar surface area (TPSA) is 81.6 Å². The second kappa shape index (κ2) is 7.73. The molecule has 5 nitrogen and oxygen atoms in total. The van der Waals surface area contributed by atoms with Gasteiger partial charge >= 0.3 is 0 Å². The van der Waals surface area contributed by atoms with Crippen LogP contribution in [0, 0.1) is 0 Å². The highest BCUT2D eigenvalue weighted by Gasteiger charge is 2.05. The highest BCUT2D eigenvalue weighted by atomic mass is 16.3. The SMILES string of the molecule is CC(C)NCCC(=O)NCC(O)CO. The van der Waals surface area contributed by atoms with E-state index in [0.717, 1.165) is 0 Å². The van der Waals surface area contributed by atoms with E-state index in [2.05, 4.69) is 10.6 Å². The molecule has 0 aliphatic heterocycles. The summed E-state index contributed by atoms with van der Waals surface area (Å²) in [5.41, 5.74) is 0. The number of aliphatic hydroxyl groups excluding tert-OH is 2. The number of aliphatic hydroxyl groups is 2. The molecule has 14 heavy (non-hydrogen) atoms. The lowest BCUT2D eigenvalue weighted by atomic mass is 10.3. The Morgan fingerprint density at radius 2 is 2.07 bits per heavy atom. The summed E-state index contributed by atoms with van der Waals surface area (Å²) in [5.74, 6) is -0.120. The number of hydrogen-bond acceptors (Lipinski definition) is 4. The predicted octanol–water partition coefficient (Wildman–Crippen LogP) is -1.16. The number of carbonyl (C=O) groups is 1. The standard InChI is InChI=1S/C9H20N2O3/c1-7(2)10-4-3-9(14)11-5-8(13)6-12/h7-8,10,12-13H,3-6H2,1-2H3,(H,11,14). The Morgan fingerprint density at radius 1 is 1.43 bits per heavy atom. The van der Waals surface area contributed by atoms with E-state index in [0.29, 0.717) is 19.0 Å². The van der Waals surface area contributed by atoms with Gasteiger partial charge in [-0.3, -0.25) is 4.79 Å². The third-order valence-corrected chi connectivity index (χ3v) is 1.65. The van der Waals surface area contributed by atoms with E-state index < -0.39 is 6.10 Å². The fourth-order valence-electron chi connectivity index (χ4n) is 0.859. The molecule has 0 aromatic heterocycles. The molecule has 0 saturated heterocycles. The van der Waals surface area contributed by atoms with Crippen molar-refractivity contribution in [3.8, 4) is 0 Å². The van der Waals surface area contributed by atoms with Gasteiger partial charge in [-0.05, 0) is 0 Å². The average Bonchev–Trinajstić information content (AvgIpc) is 2.13. The summed E-state index contributed by atoms with van der Waals surface area (Å²) in [6.45, 7) is 4.42. The van der Waals surface area contributed by atoms with E-state index in [-0.39, 0.29) is 19.1 Å². The summed E-state index contributed by atoms with van der Waals surface area (Å²) < 4.78 is 0. The maximum absolute atomic E-state index is 11.1. The summed E-state index contributed by atoms with van der Waals surface area (Å²) >= 11 is 0. The fourth-order valence-corrected chi connectivity index (χ4v) is 0.859. The van der Waals surface area contributed by atoms with Crippen LogP contribution in [-0.2, 0) is 4.79 Å². The molecule has 0 aliphatic rings. The van der Waals surface area contributed by atoms with E-state index in [1.54, 1.807) is 0 Å². The minimum absolute atomic E-state index is 0.108. The molecule has 4 N–H and O–H groups in total. The molecular weight excluding hydrogens is 184 g/mol. The van der Waals surface area contributed by atoms with Crippen LogP contribution in [0.5, 0.6) is 0 Å². The molecule has 0 fully saturated rings. The molecular formula is C9H20N2O3. The van der Waals surface area contributed by atoms with Crippen LogP contribution in [0.1, 0.15) is 20.3 Å². The van der Waals surface area contributed by atoms with Gasteiger partial charge in [-0.25, -0.2) is 0 Å². The van der Waals surface area contributed by atoms with Gasteiger partial charge < -0.3 is 20.8 Å². The Kier molecular flexibility index (Phi) is 7.37. The van der Waals surface area contributed by atoms with Crippen molar-refractivity contribution in [2.75, 3.05) is 19.7 Å². The van der Waals surface area contributed by atoms with Gasteiger partial charge in [0.1, 0.15) is 0 Å². The van der Waals surface area contributed by atoms with Gasteiger partial charge in [0.15, 0.2) is 0 Å². The van der Waals surface area contributed by atoms with Gasteiger partial charge in [-0.2, -0.15) is 0 Å². The summed E-state index contributed by atoms with van der Waals surface area (Å²) in [4.78, 5) is 11.1. The zero-order valence-electron chi connectivity index (χ0n) is 8.79. The lowest BCUT2D eigenvalue weighted by Crippen LogP contribution is -2.36. The highest BCUT2D eigenvalue weighted by Crippen LogP contribution is 1.83. The minimum Gasteiger partial charge on any atom is -0.394 e. The molecule has 0 bridgehead atoms. The number of nitrogens with one attached hydrogen (secondary N) is 2. The Labute approximate surface area is 84.5 Å². The third-order valence-electron chi connectivity index (χ3n) is 1.65. The molecule has 84 valence electrons. The number of rotatable bonds is 7. The first-order chi connectivity index (χ1) is 6.56. The van der Waals surface area contributed by atoms with Crippen molar-refractivity contribution in [3.63, 3.8) is 0 Å². The zero-order chi connectivity index (χ0) is 11.0. The Bertz CT molecular complexity index is 162. The van der Waals surface area contributed by atoms with Crippen molar-refractivity contribution in [1.29, 1.82) is 0 Å². The lowest BCUT2D eigenvalue weighted by molar-refractivity contribution is -0.121. The molecule has 0 rings (SSSR count). The van der Waals surface area contributed by atoms with Gasteiger partial charge in [-0.15, -0.1) is 0 Å². The largest absolute Gasteiger partial charge is 0.394 e. The molecule has 0 radical (unpaired) electrons. The summed E-state index contributed by atoms with van der Waals surface area (Å²) in [5, 5.41) is 23.0. The van der Waals surface area contributed by atoms with Crippen molar-refractivity contribution in [2.24, 2.45) is 0 Å². The molecule has 0 aromatic rings. The molecule has 0 aromatic carbocycles. The molecule has 5 heteroatoms. The quantitative estimate of drug-likeness (QED) is 0.422. The summed E-state index contributed by atoms with van der Waals surface area (Å²) in [7, 11) is 0. The van der Waals surface area contributed by atoms with Crippen LogP contribution in [0.15, 0.2) is 0 Å². The van der Waals surface area contributed by atoms with Gasteiger partial charge in [-0.1, -0.05) is 13.8 Å². The second-order valence-electron chi connectivity index (χ2n) is 3.50. The molecule has 1 unspecified atom stereocenters. The van der Waals surface area contributed by atoms with Gasteiger partial charge in [0.25, 0.3) is 0 Å². The third kappa shape index (κ3) is 7.97. The lowest BCUT2D eigenvalue weighted by Gasteiger charge is -2.10. The smallest absolute Gasteiger partial charge is 0.221 e. The Balaban J connectivity index is 3.37. The van der Waals surface area contributed by atoms with E-state index >= 15 is 0 Å². The minimum atomic E-state index is -0.864. The van der Waals surface area contributed by atoms with Crippen LogP contribution >= 0.6 is 0 Å². The number of carbonyl (C=O) groups excluding carboxylic acids is 1. The van der Waals surface area contributed by atoms with Crippen LogP contribution in [0.3, 0.4) is 0 Å². The first-order valence-electron chi connectivity index (χ1n) is 4.85. The number of amides is 1. The predicted molar refractivity (Wildman–Crippen MR) is 53.9 cm³/mol. The van der Waals surface area contributed by atoms with Crippen LogP contribution in [0.2, 0.25) is 0 Å².